The summed E-state index contributed by atoms with van der Waals surface area (Å²) in [6, 6.07) is 16.8. The van der Waals surface area contributed by atoms with Gasteiger partial charge < -0.3 is 0 Å². The number of hydrogen-bond acceptors (Lipinski definition) is 1. The van der Waals surface area contributed by atoms with E-state index in [9.17, 15) is 4.39 Å². The standard InChI is InChI=1S/C16H11BrFNS/c17-14-10-8-13(9-11-14)5-4-12-19(16(18)20)15-6-2-1-3-7-15/h1-3,6-11H,12H2. The molecule has 0 amide bonds. The highest BCUT2D eigenvalue weighted by atomic mass is 79.9. The minimum absolute atomic E-state index is 0.218. The fraction of sp³-hybridized carbons (Fsp3) is 0.0625. The van der Waals surface area contributed by atoms with Crippen molar-refractivity contribution in [2.24, 2.45) is 0 Å². The van der Waals surface area contributed by atoms with Crippen LogP contribution >= 0.6 is 28.1 Å². The maximum atomic E-state index is 13.4. The number of halogens is 2. The van der Waals surface area contributed by atoms with Gasteiger partial charge in [0.1, 0.15) is 0 Å². The quantitative estimate of drug-likeness (QED) is 0.339. The number of benzene rings is 2. The number of hydrogen-bond donors (Lipinski definition) is 0. The van der Waals surface area contributed by atoms with Crippen molar-refractivity contribution in [1.82, 2.24) is 0 Å². The first kappa shape index (κ1) is 14.7. The molecule has 0 atom stereocenters. The van der Waals surface area contributed by atoms with E-state index in [-0.39, 0.29) is 6.54 Å². The molecule has 0 heterocycles. The number of nitrogens with zero attached hydrogens (tertiary/aromatic N) is 1. The predicted octanol–water partition coefficient (Wildman–Crippen LogP) is 4.56. The molecule has 0 spiro atoms. The Morgan fingerprint density at radius 2 is 1.75 bits per heavy atom. The van der Waals surface area contributed by atoms with Gasteiger partial charge in [-0.15, -0.1) is 0 Å². The van der Waals surface area contributed by atoms with Gasteiger partial charge in [0.25, 0.3) is 5.24 Å². The number of anilines is 1. The topological polar surface area (TPSA) is 3.24 Å². The van der Waals surface area contributed by atoms with Crippen molar-refractivity contribution in [2.45, 2.75) is 0 Å². The van der Waals surface area contributed by atoms with Crippen LogP contribution in [0.3, 0.4) is 0 Å². The van der Waals surface area contributed by atoms with Gasteiger partial charge in [-0.1, -0.05) is 46.0 Å². The average Bonchev–Trinajstić information content (AvgIpc) is 2.46. The van der Waals surface area contributed by atoms with Crippen molar-refractivity contribution in [3.63, 3.8) is 0 Å². The Balaban J connectivity index is 2.11. The molecular formula is C16H11BrFNS. The van der Waals surface area contributed by atoms with Gasteiger partial charge in [0.2, 0.25) is 0 Å². The first-order chi connectivity index (χ1) is 9.66. The fourth-order valence-electron chi connectivity index (χ4n) is 1.62. The molecule has 0 aliphatic rings. The molecule has 0 saturated carbocycles. The maximum Gasteiger partial charge on any atom is 0.260 e. The Bertz CT molecular complexity index is 644. The highest BCUT2D eigenvalue weighted by molar-refractivity contribution is 9.10. The minimum atomic E-state index is -0.679. The summed E-state index contributed by atoms with van der Waals surface area (Å²) in [6.07, 6.45) is 0. The minimum Gasteiger partial charge on any atom is -0.297 e. The van der Waals surface area contributed by atoms with Crippen molar-refractivity contribution in [1.29, 1.82) is 0 Å². The van der Waals surface area contributed by atoms with Crippen LogP contribution in [0.2, 0.25) is 0 Å². The van der Waals surface area contributed by atoms with Crippen LogP contribution in [-0.4, -0.2) is 11.8 Å². The van der Waals surface area contributed by atoms with Crippen LogP contribution in [0.25, 0.3) is 0 Å². The Labute approximate surface area is 131 Å². The third-order valence-corrected chi connectivity index (χ3v) is 3.34. The van der Waals surface area contributed by atoms with Crippen molar-refractivity contribution >= 4 is 39.1 Å². The van der Waals surface area contributed by atoms with E-state index in [0.29, 0.717) is 5.69 Å². The molecule has 0 aliphatic carbocycles. The Hall–Kier alpha value is -1.70. The second kappa shape index (κ2) is 7.18. The van der Waals surface area contributed by atoms with E-state index in [0.717, 1.165) is 10.0 Å². The summed E-state index contributed by atoms with van der Waals surface area (Å²) < 4.78 is 14.4. The molecule has 0 N–H and O–H groups in total. The number of thiocarbonyl (C=S) groups is 1. The normalized spacial score (nSPS) is 9.50. The van der Waals surface area contributed by atoms with E-state index in [1.54, 1.807) is 12.1 Å². The van der Waals surface area contributed by atoms with E-state index in [1.807, 2.05) is 42.5 Å². The third kappa shape index (κ3) is 4.16. The summed E-state index contributed by atoms with van der Waals surface area (Å²) in [5, 5.41) is -0.679. The molecule has 1 nitrogen and oxygen atoms in total. The van der Waals surface area contributed by atoms with Crippen molar-refractivity contribution in [3.8, 4) is 11.8 Å². The fourth-order valence-corrected chi connectivity index (χ4v) is 2.05. The molecule has 2 aromatic rings. The molecule has 0 fully saturated rings. The van der Waals surface area contributed by atoms with Crippen LogP contribution in [0.1, 0.15) is 5.56 Å². The summed E-state index contributed by atoms with van der Waals surface area (Å²) in [4.78, 5) is 1.36. The molecule has 0 radical (unpaired) electrons. The average molecular weight is 348 g/mol. The molecule has 20 heavy (non-hydrogen) atoms. The van der Waals surface area contributed by atoms with Crippen LogP contribution in [0, 0.1) is 11.8 Å². The van der Waals surface area contributed by atoms with Crippen LogP contribution in [0.15, 0.2) is 59.1 Å². The molecule has 0 bridgehead atoms. The molecule has 100 valence electrons. The van der Waals surface area contributed by atoms with E-state index >= 15 is 0 Å². The molecule has 2 aromatic carbocycles. The zero-order valence-corrected chi connectivity index (χ0v) is 12.9. The summed E-state index contributed by atoms with van der Waals surface area (Å²) >= 11 is 7.99. The van der Waals surface area contributed by atoms with Gasteiger partial charge in [0.05, 0.1) is 6.54 Å². The lowest BCUT2D eigenvalue weighted by Gasteiger charge is -2.17. The van der Waals surface area contributed by atoms with Gasteiger partial charge in [0.15, 0.2) is 0 Å². The summed E-state index contributed by atoms with van der Waals surface area (Å²) in [6.45, 7) is 0.218. The Morgan fingerprint density at radius 1 is 1.10 bits per heavy atom. The zero-order chi connectivity index (χ0) is 14.4. The van der Waals surface area contributed by atoms with Gasteiger partial charge in [-0.3, -0.25) is 4.90 Å². The zero-order valence-electron chi connectivity index (χ0n) is 10.5. The molecule has 2 rings (SSSR count). The third-order valence-electron chi connectivity index (χ3n) is 2.59. The van der Waals surface area contributed by atoms with Crippen LogP contribution in [-0.2, 0) is 0 Å². The molecule has 4 heteroatoms. The Kier molecular flexibility index (Phi) is 5.28. The Morgan fingerprint density at radius 3 is 2.35 bits per heavy atom. The monoisotopic (exact) mass is 347 g/mol. The van der Waals surface area contributed by atoms with Crippen LogP contribution in [0.4, 0.5) is 10.1 Å². The molecule has 0 unspecified atom stereocenters. The van der Waals surface area contributed by atoms with Gasteiger partial charge in [-0.25, -0.2) is 0 Å². The highest BCUT2D eigenvalue weighted by Crippen LogP contribution is 2.14. The molecule has 0 aromatic heterocycles. The smallest absolute Gasteiger partial charge is 0.260 e. The predicted molar refractivity (Wildman–Crippen MR) is 88.5 cm³/mol. The van der Waals surface area contributed by atoms with E-state index in [4.69, 9.17) is 0 Å². The van der Waals surface area contributed by atoms with E-state index < -0.39 is 5.24 Å². The van der Waals surface area contributed by atoms with Crippen molar-refractivity contribution in [3.05, 3.63) is 64.6 Å². The van der Waals surface area contributed by atoms with Crippen molar-refractivity contribution in [2.75, 3.05) is 11.4 Å². The van der Waals surface area contributed by atoms with Gasteiger partial charge >= 0.3 is 0 Å². The lowest BCUT2D eigenvalue weighted by molar-refractivity contribution is 0.793. The second-order valence-electron chi connectivity index (χ2n) is 3.98. The lowest BCUT2D eigenvalue weighted by atomic mass is 10.2. The first-order valence-electron chi connectivity index (χ1n) is 5.93. The van der Waals surface area contributed by atoms with Gasteiger partial charge in [0, 0.05) is 15.7 Å². The second-order valence-corrected chi connectivity index (χ2v) is 5.24. The van der Waals surface area contributed by atoms with Gasteiger partial charge in [-0.2, -0.15) is 4.39 Å². The highest BCUT2D eigenvalue weighted by Gasteiger charge is 2.08. The van der Waals surface area contributed by atoms with E-state index in [1.165, 1.54) is 4.90 Å². The summed E-state index contributed by atoms with van der Waals surface area (Å²) in [5.41, 5.74) is 1.58. The SMILES string of the molecule is FC(=S)N(CC#Cc1ccc(Br)cc1)c1ccccc1. The number of rotatable bonds is 2. The molecular weight excluding hydrogens is 337 g/mol. The summed E-state index contributed by atoms with van der Waals surface area (Å²) in [7, 11) is 0. The largest absolute Gasteiger partial charge is 0.297 e. The molecule has 0 saturated heterocycles. The lowest BCUT2D eigenvalue weighted by Crippen LogP contribution is -2.26. The van der Waals surface area contributed by atoms with Crippen LogP contribution in [0.5, 0.6) is 0 Å². The number of para-hydroxylation sites is 1. The van der Waals surface area contributed by atoms with E-state index in [2.05, 4.69) is 40.0 Å². The van der Waals surface area contributed by atoms with Crippen LogP contribution < -0.4 is 4.90 Å². The van der Waals surface area contributed by atoms with Gasteiger partial charge in [-0.05, 0) is 48.6 Å². The van der Waals surface area contributed by atoms with Crippen molar-refractivity contribution < 1.29 is 4.39 Å². The maximum absolute atomic E-state index is 13.4. The first-order valence-corrected chi connectivity index (χ1v) is 7.13. The summed E-state index contributed by atoms with van der Waals surface area (Å²) in [5.74, 6) is 5.92. The molecule has 0 aliphatic heterocycles.